The lowest BCUT2D eigenvalue weighted by atomic mass is 9.77. The lowest BCUT2D eigenvalue weighted by Crippen LogP contribution is -2.50. The molecule has 34 heavy (non-hydrogen) atoms. The Morgan fingerprint density at radius 1 is 0.941 bits per heavy atom. The first-order valence-corrected chi connectivity index (χ1v) is 12.2. The molecule has 0 spiro atoms. The third kappa shape index (κ3) is 10.7. The zero-order valence-electron chi connectivity index (χ0n) is 23.1. The van der Waals surface area contributed by atoms with Crippen molar-refractivity contribution < 1.29 is 34.4 Å². The Morgan fingerprint density at radius 3 is 1.91 bits per heavy atom. The summed E-state index contributed by atoms with van der Waals surface area (Å²) in [6, 6.07) is -0.863. The molecule has 0 fully saturated rings. The third-order valence-electron chi connectivity index (χ3n) is 6.23. The summed E-state index contributed by atoms with van der Waals surface area (Å²) in [5.74, 6) is -0.740. The van der Waals surface area contributed by atoms with Crippen molar-refractivity contribution in [3.05, 3.63) is 11.1 Å². The van der Waals surface area contributed by atoms with Crippen LogP contribution in [0, 0.1) is 11.3 Å². The molecular formula is C26H49NO7. The van der Waals surface area contributed by atoms with E-state index in [0.717, 1.165) is 11.1 Å². The van der Waals surface area contributed by atoms with Gasteiger partial charge in [0.1, 0.15) is 11.7 Å². The van der Waals surface area contributed by atoms with Crippen molar-refractivity contribution in [2.75, 3.05) is 0 Å². The van der Waals surface area contributed by atoms with Crippen LogP contribution in [0.3, 0.4) is 0 Å². The Morgan fingerprint density at radius 2 is 1.47 bits per heavy atom. The second-order valence-electron chi connectivity index (χ2n) is 11.3. The minimum absolute atomic E-state index is 0.104. The van der Waals surface area contributed by atoms with Gasteiger partial charge in [-0.15, -0.1) is 0 Å². The predicted octanol–water partition coefficient (Wildman–Crippen LogP) is 4.10. The molecule has 0 aromatic carbocycles. The molecule has 0 saturated carbocycles. The third-order valence-corrected chi connectivity index (χ3v) is 6.23. The first-order chi connectivity index (χ1) is 15.3. The summed E-state index contributed by atoms with van der Waals surface area (Å²) >= 11 is 0. The molecule has 0 saturated heterocycles. The Kier molecular flexibility index (Phi) is 12.8. The highest BCUT2D eigenvalue weighted by molar-refractivity contribution is 5.77. The number of ether oxygens (including phenoxy) is 2. The molecule has 8 heteroatoms. The maximum Gasteiger partial charge on any atom is 0.407 e. The number of hydrogen-bond acceptors (Lipinski definition) is 7. The van der Waals surface area contributed by atoms with Crippen LogP contribution >= 0.6 is 0 Å². The van der Waals surface area contributed by atoms with E-state index in [4.69, 9.17) is 9.47 Å². The number of carbonyl (C=O) groups excluding carboxylic acids is 2. The van der Waals surface area contributed by atoms with Crippen LogP contribution < -0.4 is 5.32 Å². The van der Waals surface area contributed by atoms with Crippen molar-refractivity contribution in [2.24, 2.45) is 11.3 Å². The van der Waals surface area contributed by atoms with Gasteiger partial charge < -0.3 is 30.1 Å². The molecule has 0 unspecified atom stereocenters. The van der Waals surface area contributed by atoms with Crippen LogP contribution in [0.25, 0.3) is 0 Å². The predicted molar refractivity (Wildman–Crippen MR) is 133 cm³/mol. The molecule has 200 valence electrons. The van der Waals surface area contributed by atoms with E-state index in [-0.39, 0.29) is 5.92 Å². The van der Waals surface area contributed by atoms with Crippen LogP contribution in [0.2, 0.25) is 0 Å². The summed E-state index contributed by atoms with van der Waals surface area (Å²) in [6.07, 6.45) is -3.13. The molecule has 1 amide bonds. The fourth-order valence-corrected chi connectivity index (χ4v) is 3.54. The molecule has 0 heterocycles. The lowest BCUT2D eigenvalue weighted by Gasteiger charge is -2.35. The van der Waals surface area contributed by atoms with Gasteiger partial charge in [0.25, 0.3) is 0 Å². The summed E-state index contributed by atoms with van der Waals surface area (Å²) in [7, 11) is 0. The van der Waals surface area contributed by atoms with E-state index in [9.17, 15) is 24.9 Å². The highest BCUT2D eigenvalue weighted by Gasteiger charge is 2.35. The smallest absolute Gasteiger partial charge is 0.407 e. The van der Waals surface area contributed by atoms with Crippen molar-refractivity contribution in [3.8, 4) is 0 Å². The lowest BCUT2D eigenvalue weighted by molar-refractivity contribution is -0.158. The second-order valence-corrected chi connectivity index (χ2v) is 11.3. The average Bonchev–Trinajstić information content (AvgIpc) is 2.69. The van der Waals surface area contributed by atoms with Gasteiger partial charge in [-0.05, 0) is 72.3 Å². The number of amides is 1. The number of hydrogen-bond donors (Lipinski definition) is 4. The Bertz CT molecular complexity index is 694. The highest BCUT2D eigenvalue weighted by Crippen LogP contribution is 2.32. The fraction of sp³-hybridized carbons (Fsp3) is 0.846. The molecule has 0 radical (unpaired) electrons. The van der Waals surface area contributed by atoms with E-state index in [1.54, 1.807) is 34.6 Å². The van der Waals surface area contributed by atoms with E-state index < -0.39 is 53.5 Å². The zero-order valence-corrected chi connectivity index (χ0v) is 23.1. The number of carbonyl (C=O) groups is 2. The van der Waals surface area contributed by atoms with Crippen LogP contribution in [-0.2, 0) is 14.3 Å². The van der Waals surface area contributed by atoms with Crippen LogP contribution in [-0.4, -0.2) is 63.4 Å². The molecule has 0 bridgehead atoms. The second kappa shape index (κ2) is 13.4. The molecule has 8 nitrogen and oxygen atoms in total. The van der Waals surface area contributed by atoms with Gasteiger partial charge in [0.15, 0.2) is 6.10 Å². The largest absolute Gasteiger partial charge is 0.456 e. The van der Waals surface area contributed by atoms with Gasteiger partial charge in [0.05, 0.1) is 18.2 Å². The molecule has 0 aliphatic rings. The molecule has 0 aliphatic heterocycles. The molecule has 5 atom stereocenters. The summed E-state index contributed by atoms with van der Waals surface area (Å²) in [6.45, 7) is 19.9. The first kappa shape index (κ1) is 32.4. The molecular weight excluding hydrogens is 438 g/mol. The van der Waals surface area contributed by atoms with E-state index >= 15 is 0 Å². The average molecular weight is 488 g/mol. The summed E-state index contributed by atoms with van der Waals surface area (Å²) in [5, 5.41) is 34.1. The van der Waals surface area contributed by atoms with Crippen LogP contribution in [0.5, 0.6) is 0 Å². The van der Waals surface area contributed by atoms with Crippen LogP contribution in [0.15, 0.2) is 11.1 Å². The maximum absolute atomic E-state index is 12.7. The minimum atomic E-state index is -1.56. The van der Waals surface area contributed by atoms with Gasteiger partial charge in [-0.2, -0.15) is 0 Å². The van der Waals surface area contributed by atoms with E-state index in [0.29, 0.717) is 19.3 Å². The monoisotopic (exact) mass is 487 g/mol. The van der Waals surface area contributed by atoms with Gasteiger partial charge in [0, 0.05) is 5.41 Å². The standard InChI is InChI=1S/C26H49NO7/c1-12-20(28)26(10,11)21(29)14-16(4)17(5)18(6)33-23(31)22(30)19(13-15(2)3)27-24(32)34-25(7,8)9/h15,18-22,28-30H,12-14H2,1-11H3,(H,27,32)/b17-16+/t18-,19-,20-,21-,22+/m0/s1. The van der Waals surface area contributed by atoms with Crippen molar-refractivity contribution in [2.45, 2.75) is 131 Å². The van der Waals surface area contributed by atoms with Gasteiger partial charge >= 0.3 is 12.1 Å². The number of rotatable bonds is 12. The zero-order chi connectivity index (χ0) is 27.0. The number of esters is 1. The molecule has 4 N–H and O–H groups in total. The number of nitrogens with one attached hydrogen (secondary N) is 1. The number of alkyl carbamates (subject to hydrolysis) is 1. The van der Waals surface area contributed by atoms with Crippen LogP contribution in [0.1, 0.15) is 95.4 Å². The number of aliphatic hydroxyl groups is 3. The molecule has 0 rings (SSSR count). The maximum atomic E-state index is 12.7. The Labute approximate surface area is 206 Å². The molecule has 0 aromatic rings. The SMILES string of the molecule is CC[C@H](O)C(C)(C)[C@@H](O)C/C(C)=C(\C)[C@H](C)OC(=O)[C@H](O)[C@H](CC(C)C)NC(=O)OC(C)(C)C. The topological polar surface area (TPSA) is 125 Å². The van der Waals surface area contributed by atoms with Crippen molar-refractivity contribution >= 4 is 12.1 Å². The molecule has 0 aromatic heterocycles. The van der Waals surface area contributed by atoms with E-state index in [1.165, 1.54) is 0 Å². The quantitative estimate of drug-likeness (QED) is 0.241. The van der Waals surface area contributed by atoms with Gasteiger partial charge in [-0.3, -0.25) is 0 Å². The number of aliphatic hydroxyl groups excluding tert-OH is 3. The highest BCUT2D eigenvalue weighted by atomic mass is 16.6. The summed E-state index contributed by atoms with van der Waals surface area (Å²) in [4.78, 5) is 24.9. The summed E-state index contributed by atoms with van der Waals surface area (Å²) in [5.41, 5.74) is 0.188. The van der Waals surface area contributed by atoms with Crippen molar-refractivity contribution in [1.82, 2.24) is 5.32 Å². The van der Waals surface area contributed by atoms with Gasteiger partial charge in [-0.25, -0.2) is 9.59 Å². The van der Waals surface area contributed by atoms with E-state index in [1.807, 2.05) is 41.5 Å². The van der Waals surface area contributed by atoms with E-state index in [2.05, 4.69) is 5.32 Å². The Balaban J connectivity index is 5.34. The van der Waals surface area contributed by atoms with Crippen LogP contribution in [0.4, 0.5) is 4.79 Å². The van der Waals surface area contributed by atoms with Gasteiger partial charge in [-0.1, -0.05) is 40.2 Å². The molecule has 0 aliphatic carbocycles. The van der Waals surface area contributed by atoms with Gasteiger partial charge in [0.2, 0.25) is 0 Å². The fourth-order valence-electron chi connectivity index (χ4n) is 3.54. The first-order valence-electron chi connectivity index (χ1n) is 12.2. The summed E-state index contributed by atoms with van der Waals surface area (Å²) < 4.78 is 10.8. The minimum Gasteiger partial charge on any atom is -0.456 e. The van der Waals surface area contributed by atoms with Crippen molar-refractivity contribution in [3.63, 3.8) is 0 Å². The normalized spacial score (nSPS) is 17.9. The van der Waals surface area contributed by atoms with Crippen molar-refractivity contribution in [1.29, 1.82) is 0 Å². The Hall–Kier alpha value is -1.64.